The van der Waals surface area contributed by atoms with Gasteiger partial charge in [-0.3, -0.25) is 14.5 Å². The lowest BCUT2D eigenvalue weighted by Crippen LogP contribution is -2.15. The summed E-state index contributed by atoms with van der Waals surface area (Å²) in [4.78, 5) is 16.8. The van der Waals surface area contributed by atoms with Crippen LogP contribution in [0.4, 0.5) is 0 Å². The third-order valence-corrected chi connectivity index (χ3v) is 6.30. The molecule has 1 unspecified atom stereocenters. The topological polar surface area (TPSA) is 101 Å². The standard InChI is InChI=1S/C28H22N4O3/c1-32-24-16-30-23-14-25(35-2)20(12-21(28(33)34)18-6-4-3-5-7-18)13-22(23)26(24)27(31-32)19-10-8-17(15-29)9-11-19/h3-11,13-14,16,21H,12H2,1-2H3,(H,33,34). The first-order chi connectivity index (χ1) is 17.0. The third-order valence-electron chi connectivity index (χ3n) is 6.30. The lowest BCUT2D eigenvalue weighted by atomic mass is 9.90. The van der Waals surface area contributed by atoms with Crippen LogP contribution in [-0.2, 0) is 18.3 Å². The zero-order valence-corrected chi connectivity index (χ0v) is 19.3. The molecular weight excluding hydrogens is 440 g/mol. The van der Waals surface area contributed by atoms with Gasteiger partial charge in [0.05, 0.1) is 41.9 Å². The van der Waals surface area contributed by atoms with Crippen LogP contribution < -0.4 is 4.74 Å². The lowest BCUT2D eigenvalue weighted by Gasteiger charge is -2.16. The summed E-state index contributed by atoms with van der Waals surface area (Å²) in [6.45, 7) is 0. The second-order valence-corrected chi connectivity index (χ2v) is 8.37. The minimum absolute atomic E-state index is 0.265. The van der Waals surface area contributed by atoms with E-state index in [1.54, 1.807) is 30.1 Å². The first-order valence-electron chi connectivity index (χ1n) is 11.1. The van der Waals surface area contributed by atoms with Crippen LogP contribution in [0.3, 0.4) is 0 Å². The Morgan fingerprint density at radius 3 is 2.54 bits per heavy atom. The van der Waals surface area contributed by atoms with Crippen molar-refractivity contribution in [3.8, 4) is 23.1 Å². The van der Waals surface area contributed by atoms with Crippen molar-refractivity contribution in [3.05, 3.63) is 89.6 Å². The van der Waals surface area contributed by atoms with E-state index in [1.807, 2.05) is 61.6 Å². The summed E-state index contributed by atoms with van der Waals surface area (Å²) < 4.78 is 7.42. The first kappa shape index (κ1) is 22.1. The summed E-state index contributed by atoms with van der Waals surface area (Å²) in [7, 11) is 3.44. The number of hydrogen-bond donors (Lipinski definition) is 1. The molecule has 7 heteroatoms. The number of nitriles is 1. The molecule has 0 saturated heterocycles. The molecule has 0 aliphatic carbocycles. The van der Waals surface area contributed by atoms with Crippen LogP contribution >= 0.6 is 0 Å². The molecule has 0 amide bonds. The zero-order valence-electron chi connectivity index (χ0n) is 19.3. The van der Waals surface area contributed by atoms with Crippen molar-refractivity contribution in [1.82, 2.24) is 14.8 Å². The Balaban J connectivity index is 1.72. The smallest absolute Gasteiger partial charge is 0.311 e. The molecule has 1 N–H and O–H groups in total. The van der Waals surface area contributed by atoms with Gasteiger partial charge in [-0.2, -0.15) is 10.4 Å². The second-order valence-electron chi connectivity index (χ2n) is 8.37. The molecular formula is C28H22N4O3. The number of aliphatic carboxylic acids is 1. The van der Waals surface area contributed by atoms with Crippen molar-refractivity contribution in [2.75, 3.05) is 7.11 Å². The highest BCUT2D eigenvalue weighted by Gasteiger charge is 2.23. The fraction of sp³-hybridized carbons (Fsp3) is 0.143. The average molecular weight is 463 g/mol. The summed E-state index contributed by atoms with van der Waals surface area (Å²) >= 11 is 0. The maximum atomic E-state index is 12.2. The fourth-order valence-electron chi connectivity index (χ4n) is 4.51. The Morgan fingerprint density at radius 2 is 1.89 bits per heavy atom. The molecule has 0 aliphatic heterocycles. The highest BCUT2D eigenvalue weighted by atomic mass is 16.5. The Labute approximate surface area is 201 Å². The van der Waals surface area contributed by atoms with Crippen molar-refractivity contribution in [2.45, 2.75) is 12.3 Å². The van der Waals surface area contributed by atoms with Gasteiger partial charge in [-0.05, 0) is 35.7 Å². The summed E-state index contributed by atoms with van der Waals surface area (Å²) in [6, 6.07) is 22.5. The number of aromatic nitrogens is 3. The molecule has 0 fully saturated rings. The monoisotopic (exact) mass is 462 g/mol. The van der Waals surface area contributed by atoms with Gasteiger partial charge >= 0.3 is 5.97 Å². The number of carboxylic acids is 1. The van der Waals surface area contributed by atoms with E-state index < -0.39 is 11.9 Å². The molecule has 0 aliphatic rings. The lowest BCUT2D eigenvalue weighted by molar-refractivity contribution is -0.138. The minimum atomic E-state index is -0.894. The van der Waals surface area contributed by atoms with Crippen LogP contribution in [0.5, 0.6) is 5.75 Å². The maximum Gasteiger partial charge on any atom is 0.311 e. The van der Waals surface area contributed by atoms with Crippen molar-refractivity contribution in [3.63, 3.8) is 0 Å². The molecule has 3 aromatic carbocycles. The number of carbonyl (C=O) groups is 1. The van der Waals surface area contributed by atoms with Crippen LogP contribution in [0, 0.1) is 11.3 Å². The zero-order chi connectivity index (χ0) is 24.5. The van der Waals surface area contributed by atoms with Crippen LogP contribution in [-0.4, -0.2) is 33.0 Å². The molecule has 172 valence electrons. The van der Waals surface area contributed by atoms with Crippen LogP contribution in [0.1, 0.15) is 22.6 Å². The number of fused-ring (bicyclic) bond motifs is 3. The molecule has 2 aromatic heterocycles. The Bertz CT molecular complexity index is 1600. The second kappa shape index (κ2) is 8.92. The van der Waals surface area contributed by atoms with E-state index in [1.165, 1.54) is 0 Å². The highest BCUT2D eigenvalue weighted by molar-refractivity contribution is 6.11. The van der Waals surface area contributed by atoms with E-state index in [4.69, 9.17) is 15.1 Å². The fourth-order valence-corrected chi connectivity index (χ4v) is 4.51. The summed E-state index contributed by atoms with van der Waals surface area (Å²) in [5, 5.41) is 25.7. The van der Waals surface area contributed by atoms with E-state index in [2.05, 4.69) is 11.1 Å². The van der Waals surface area contributed by atoms with Gasteiger partial charge in [0.15, 0.2) is 0 Å². The van der Waals surface area contributed by atoms with Crippen molar-refractivity contribution in [1.29, 1.82) is 5.26 Å². The molecule has 0 spiro atoms. The predicted molar refractivity (Wildman–Crippen MR) is 133 cm³/mol. The number of nitrogens with zero attached hydrogens (tertiary/aromatic N) is 4. The van der Waals surface area contributed by atoms with E-state index in [9.17, 15) is 9.90 Å². The Kier molecular flexibility index (Phi) is 5.63. The number of rotatable bonds is 6. The molecule has 0 saturated carbocycles. The van der Waals surface area contributed by atoms with Crippen LogP contribution in [0.25, 0.3) is 33.1 Å². The quantitative estimate of drug-likeness (QED) is 0.378. The van der Waals surface area contributed by atoms with Crippen molar-refractivity contribution in [2.24, 2.45) is 7.05 Å². The molecule has 35 heavy (non-hydrogen) atoms. The number of pyridine rings is 1. The number of carboxylic acid groups (broad SMARTS) is 1. The van der Waals surface area contributed by atoms with Gasteiger partial charge in [0.2, 0.25) is 0 Å². The predicted octanol–water partition coefficient (Wildman–Crippen LogP) is 5.08. The molecule has 1 atom stereocenters. The largest absolute Gasteiger partial charge is 0.496 e. The van der Waals surface area contributed by atoms with Gasteiger partial charge in [0.1, 0.15) is 11.4 Å². The number of hydrogen-bond acceptors (Lipinski definition) is 5. The molecule has 0 bridgehead atoms. The summed E-state index contributed by atoms with van der Waals surface area (Å²) in [5.41, 5.74) is 5.32. The van der Waals surface area contributed by atoms with E-state index in [0.29, 0.717) is 11.3 Å². The third kappa shape index (κ3) is 3.96. The highest BCUT2D eigenvalue weighted by Crippen LogP contribution is 2.37. The number of ether oxygens (including phenoxy) is 1. The molecule has 5 rings (SSSR count). The van der Waals surface area contributed by atoms with Crippen LogP contribution in [0.2, 0.25) is 0 Å². The van der Waals surface area contributed by atoms with E-state index >= 15 is 0 Å². The average Bonchev–Trinajstić information content (AvgIpc) is 3.23. The Hall–Kier alpha value is -4.70. The van der Waals surface area contributed by atoms with Gasteiger partial charge in [0, 0.05) is 29.4 Å². The van der Waals surface area contributed by atoms with Crippen LogP contribution in [0.15, 0.2) is 72.9 Å². The summed E-state index contributed by atoms with van der Waals surface area (Å²) in [5.74, 6) is -1.02. The number of methoxy groups -OCH3 is 1. The van der Waals surface area contributed by atoms with Crippen molar-refractivity contribution >= 4 is 27.8 Å². The molecule has 2 heterocycles. The number of benzene rings is 3. The van der Waals surface area contributed by atoms with Gasteiger partial charge in [-0.25, -0.2) is 0 Å². The van der Waals surface area contributed by atoms with Gasteiger partial charge in [0.25, 0.3) is 0 Å². The number of aryl methyl sites for hydroxylation is 1. The van der Waals surface area contributed by atoms with Gasteiger partial charge in [-0.1, -0.05) is 42.5 Å². The molecule has 0 radical (unpaired) electrons. The van der Waals surface area contributed by atoms with Gasteiger partial charge < -0.3 is 9.84 Å². The summed E-state index contributed by atoms with van der Waals surface area (Å²) in [6.07, 6.45) is 2.04. The van der Waals surface area contributed by atoms with E-state index in [0.717, 1.165) is 44.2 Å². The van der Waals surface area contributed by atoms with Gasteiger partial charge in [-0.15, -0.1) is 0 Å². The minimum Gasteiger partial charge on any atom is -0.496 e. The SMILES string of the molecule is COc1cc2ncc3c(c(-c4ccc(C#N)cc4)nn3C)c2cc1CC(C(=O)O)c1ccccc1. The normalized spacial score (nSPS) is 11.9. The van der Waals surface area contributed by atoms with Crippen molar-refractivity contribution < 1.29 is 14.6 Å². The van der Waals surface area contributed by atoms with E-state index in [-0.39, 0.29) is 6.42 Å². The maximum absolute atomic E-state index is 12.2. The molecule has 5 aromatic rings. The Morgan fingerprint density at radius 1 is 1.14 bits per heavy atom. The first-order valence-corrected chi connectivity index (χ1v) is 11.1. The molecule has 7 nitrogen and oxygen atoms in total.